The molecular formula is C25H19NO2. The highest BCUT2D eigenvalue weighted by atomic mass is 16.1. The van der Waals surface area contributed by atoms with Gasteiger partial charge in [-0.25, -0.2) is 0 Å². The monoisotopic (exact) mass is 365 g/mol. The Morgan fingerprint density at radius 2 is 1.50 bits per heavy atom. The van der Waals surface area contributed by atoms with Gasteiger partial charge >= 0.3 is 0 Å². The first-order valence-electron chi connectivity index (χ1n) is 9.13. The summed E-state index contributed by atoms with van der Waals surface area (Å²) in [5, 5.41) is 0.838. The highest BCUT2D eigenvalue weighted by molar-refractivity contribution is 6.13. The maximum Gasteiger partial charge on any atom is 0.260 e. The Kier molecular flexibility index (Phi) is 4.73. The molecule has 0 saturated carbocycles. The summed E-state index contributed by atoms with van der Waals surface area (Å²) < 4.78 is 0. The van der Waals surface area contributed by atoms with Crippen molar-refractivity contribution in [2.45, 2.75) is 6.92 Å². The number of ketones is 1. The Hall–Kier alpha value is -3.72. The third-order valence-electron chi connectivity index (χ3n) is 4.74. The second-order valence-corrected chi connectivity index (χ2v) is 6.73. The fourth-order valence-corrected chi connectivity index (χ4v) is 3.26. The smallest absolute Gasteiger partial charge is 0.260 e. The van der Waals surface area contributed by atoms with Crippen molar-refractivity contribution in [2.24, 2.45) is 0 Å². The topological polar surface area (TPSA) is 49.9 Å². The van der Waals surface area contributed by atoms with Gasteiger partial charge in [-0.2, -0.15) is 0 Å². The van der Waals surface area contributed by atoms with Crippen LogP contribution in [0.1, 0.15) is 32.6 Å². The number of aryl methyl sites for hydroxylation is 1. The zero-order chi connectivity index (χ0) is 19.5. The molecule has 1 N–H and O–H groups in total. The molecule has 0 saturated heterocycles. The lowest BCUT2D eigenvalue weighted by Crippen LogP contribution is -2.20. The molecule has 0 unspecified atom stereocenters. The normalized spacial score (nSPS) is 11.2. The quantitative estimate of drug-likeness (QED) is 0.503. The molecule has 0 amide bonds. The molecule has 3 heteroatoms. The number of hydrogen-bond donors (Lipinski definition) is 1. The van der Waals surface area contributed by atoms with Crippen LogP contribution in [0.3, 0.4) is 0 Å². The SMILES string of the molecule is Cc1ccc(/C=C/c2c(C(=O)c3ccccc3)c(=O)[nH]c3ccccc23)cc1. The van der Waals surface area contributed by atoms with Gasteiger partial charge < -0.3 is 4.98 Å². The van der Waals surface area contributed by atoms with E-state index in [-0.39, 0.29) is 16.9 Å². The third-order valence-corrected chi connectivity index (χ3v) is 4.74. The van der Waals surface area contributed by atoms with E-state index in [1.165, 1.54) is 5.56 Å². The fourth-order valence-electron chi connectivity index (χ4n) is 3.26. The molecule has 1 heterocycles. The summed E-state index contributed by atoms with van der Waals surface area (Å²) >= 11 is 0. The van der Waals surface area contributed by atoms with E-state index in [0.717, 1.165) is 10.9 Å². The van der Waals surface area contributed by atoms with Gasteiger partial charge in [0.2, 0.25) is 0 Å². The third kappa shape index (κ3) is 3.42. The number of nitrogens with one attached hydrogen (secondary N) is 1. The minimum absolute atomic E-state index is 0.160. The van der Waals surface area contributed by atoms with Crippen molar-refractivity contribution in [3.63, 3.8) is 0 Å². The van der Waals surface area contributed by atoms with Crippen LogP contribution >= 0.6 is 0 Å². The van der Waals surface area contributed by atoms with E-state index in [2.05, 4.69) is 4.98 Å². The zero-order valence-corrected chi connectivity index (χ0v) is 15.5. The standard InChI is InChI=1S/C25H19NO2/c1-17-11-13-18(14-12-17)15-16-21-20-9-5-6-10-22(20)26-25(28)23(21)24(27)19-7-3-2-4-8-19/h2-16H,1H3,(H,26,28)/b16-15+. The van der Waals surface area contributed by atoms with Gasteiger partial charge in [-0.1, -0.05) is 90.5 Å². The predicted molar refractivity (Wildman–Crippen MR) is 115 cm³/mol. The Balaban J connectivity index is 1.92. The maximum absolute atomic E-state index is 13.1. The van der Waals surface area contributed by atoms with Gasteiger partial charge in [-0.3, -0.25) is 9.59 Å². The number of H-pyrrole nitrogens is 1. The van der Waals surface area contributed by atoms with Gasteiger partial charge in [0.1, 0.15) is 0 Å². The molecule has 0 radical (unpaired) electrons. The van der Waals surface area contributed by atoms with Gasteiger partial charge in [0.15, 0.2) is 5.78 Å². The lowest BCUT2D eigenvalue weighted by atomic mass is 9.95. The number of rotatable bonds is 4. The van der Waals surface area contributed by atoms with E-state index in [1.807, 2.05) is 73.7 Å². The van der Waals surface area contributed by atoms with Crippen LogP contribution in [0.2, 0.25) is 0 Å². The Labute approximate surface area is 163 Å². The average molecular weight is 365 g/mol. The van der Waals surface area contributed by atoms with Crippen molar-refractivity contribution in [1.82, 2.24) is 4.98 Å². The number of para-hydroxylation sites is 1. The second-order valence-electron chi connectivity index (χ2n) is 6.73. The molecule has 4 rings (SSSR count). The number of carbonyl (C=O) groups excluding carboxylic acids is 1. The van der Waals surface area contributed by atoms with Crippen molar-refractivity contribution >= 4 is 28.8 Å². The molecule has 1 aromatic heterocycles. The highest BCUT2D eigenvalue weighted by Gasteiger charge is 2.19. The van der Waals surface area contributed by atoms with E-state index in [0.29, 0.717) is 16.6 Å². The summed E-state index contributed by atoms with van der Waals surface area (Å²) in [5.74, 6) is -0.281. The fraction of sp³-hybridized carbons (Fsp3) is 0.0400. The van der Waals surface area contributed by atoms with Crippen LogP contribution in [-0.4, -0.2) is 10.8 Å². The second kappa shape index (κ2) is 7.49. The van der Waals surface area contributed by atoms with Crippen molar-refractivity contribution < 1.29 is 4.79 Å². The van der Waals surface area contributed by atoms with Crippen molar-refractivity contribution in [3.05, 3.63) is 117 Å². The number of carbonyl (C=O) groups is 1. The first-order chi connectivity index (χ1) is 13.6. The molecule has 0 bridgehead atoms. The molecule has 0 aliphatic carbocycles. The summed E-state index contributed by atoms with van der Waals surface area (Å²) in [6.45, 7) is 2.04. The summed E-state index contributed by atoms with van der Waals surface area (Å²) in [6, 6.07) is 24.5. The molecule has 3 nitrogen and oxygen atoms in total. The van der Waals surface area contributed by atoms with E-state index in [1.54, 1.807) is 24.3 Å². The van der Waals surface area contributed by atoms with Gasteiger partial charge in [0.05, 0.1) is 5.56 Å². The summed E-state index contributed by atoms with van der Waals surface area (Å²) in [4.78, 5) is 28.8. The number of aromatic nitrogens is 1. The molecule has 136 valence electrons. The molecule has 4 aromatic rings. The van der Waals surface area contributed by atoms with Crippen LogP contribution in [0.15, 0.2) is 83.7 Å². The van der Waals surface area contributed by atoms with E-state index in [9.17, 15) is 9.59 Å². The average Bonchev–Trinajstić information content (AvgIpc) is 2.73. The molecule has 0 spiro atoms. The van der Waals surface area contributed by atoms with Crippen molar-refractivity contribution in [3.8, 4) is 0 Å². The van der Waals surface area contributed by atoms with E-state index >= 15 is 0 Å². The van der Waals surface area contributed by atoms with Gasteiger partial charge in [-0.05, 0) is 18.6 Å². The number of hydrogen-bond acceptors (Lipinski definition) is 2. The lowest BCUT2D eigenvalue weighted by Gasteiger charge is -2.09. The Bertz CT molecular complexity index is 1230. The molecule has 0 aliphatic heterocycles. The molecule has 0 fully saturated rings. The van der Waals surface area contributed by atoms with Gasteiger partial charge in [-0.15, -0.1) is 0 Å². The molecule has 28 heavy (non-hydrogen) atoms. The Morgan fingerprint density at radius 1 is 0.821 bits per heavy atom. The maximum atomic E-state index is 13.1. The van der Waals surface area contributed by atoms with Crippen molar-refractivity contribution in [2.75, 3.05) is 0 Å². The van der Waals surface area contributed by atoms with Gasteiger partial charge in [0, 0.05) is 22.0 Å². The van der Waals surface area contributed by atoms with E-state index in [4.69, 9.17) is 0 Å². The van der Waals surface area contributed by atoms with Gasteiger partial charge in [0.25, 0.3) is 5.56 Å². The summed E-state index contributed by atoms with van der Waals surface area (Å²) in [6.07, 6.45) is 3.79. The Morgan fingerprint density at radius 3 is 2.25 bits per heavy atom. The summed E-state index contributed by atoms with van der Waals surface area (Å²) in [5.41, 5.74) is 3.80. The highest BCUT2D eigenvalue weighted by Crippen LogP contribution is 2.23. The van der Waals surface area contributed by atoms with Crippen LogP contribution in [0, 0.1) is 6.92 Å². The molecular weight excluding hydrogens is 346 g/mol. The number of pyridine rings is 1. The first kappa shape index (κ1) is 17.7. The zero-order valence-electron chi connectivity index (χ0n) is 15.5. The number of benzene rings is 3. The minimum atomic E-state index is -0.379. The molecule has 3 aromatic carbocycles. The van der Waals surface area contributed by atoms with Crippen LogP contribution in [0.4, 0.5) is 0 Å². The number of aromatic amines is 1. The number of fused-ring (bicyclic) bond motifs is 1. The first-order valence-corrected chi connectivity index (χ1v) is 9.13. The van der Waals surface area contributed by atoms with Crippen LogP contribution in [0.25, 0.3) is 23.1 Å². The lowest BCUT2D eigenvalue weighted by molar-refractivity contribution is 0.103. The summed E-state index contributed by atoms with van der Waals surface area (Å²) in [7, 11) is 0. The van der Waals surface area contributed by atoms with Crippen molar-refractivity contribution in [1.29, 1.82) is 0 Å². The minimum Gasteiger partial charge on any atom is -0.321 e. The molecule has 0 aliphatic rings. The van der Waals surface area contributed by atoms with Crippen LogP contribution in [-0.2, 0) is 0 Å². The van der Waals surface area contributed by atoms with E-state index < -0.39 is 0 Å². The predicted octanol–water partition coefficient (Wildman–Crippen LogP) is 5.24. The largest absolute Gasteiger partial charge is 0.321 e. The molecule has 0 atom stereocenters. The van der Waals surface area contributed by atoms with Crippen LogP contribution < -0.4 is 5.56 Å². The van der Waals surface area contributed by atoms with Crippen LogP contribution in [0.5, 0.6) is 0 Å².